The highest BCUT2D eigenvalue weighted by Gasteiger charge is 2.16. The van der Waals surface area contributed by atoms with E-state index in [1.807, 2.05) is 41.3 Å². The van der Waals surface area contributed by atoms with Crippen molar-refractivity contribution in [3.8, 4) is 23.0 Å². The molecule has 0 bridgehead atoms. The predicted molar refractivity (Wildman–Crippen MR) is 163 cm³/mol. The molecule has 0 spiro atoms. The summed E-state index contributed by atoms with van der Waals surface area (Å²) in [5.74, 6) is -1.56. The van der Waals surface area contributed by atoms with Gasteiger partial charge in [-0.1, -0.05) is 23.7 Å². The summed E-state index contributed by atoms with van der Waals surface area (Å²) in [6, 6.07) is 20.5. The number of phenolic OH excluding ortho intramolecular Hbond substituents is 4. The number of hydrogen-bond acceptors (Lipinski definition) is 13. The van der Waals surface area contributed by atoms with Crippen molar-refractivity contribution >= 4 is 45.7 Å². The maximum Gasteiger partial charge on any atom is 0.152 e. The molecule has 44 heavy (non-hydrogen) atoms. The highest BCUT2D eigenvalue weighted by molar-refractivity contribution is 6.32. The fourth-order valence-electron chi connectivity index (χ4n) is 4.07. The summed E-state index contributed by atoms with van der Waals surface area (Å²) in [5, 5.41) is 59.5. The van der Waals surface area contributed by atoms with Crippen LogP contribution in [0.3, 0.4) is 0 Å². The lowest BCUT2D eigenvalue weighted by Gasteiger charge is -2.25. The number of halogens is 1. The zero-order chi connectivity index (χ0) is 31.1. The van der Waals surface area contributed by atoms with Crippen molar-refractivity contribution in [3.63, 3.8) is 0 Å². The van der Waals surface area contributed by atoms with E-state index >= 15 is 0 Å². The number of phenols is 4. The van der Waals surface area contributed by atoms with Gasteiger partial charge in [-0.2, -0.15) is 5.11 Å². The van der Waals surface area contributed by atoms with Crippen LogP contribution in [0.4, 0.5) is 34.1 Å². The van der Waals surface area contributed by atoms with Crippen LogP contribution in [0.2, 0.25) is 5.02 Å². The molecule has 0 unspecified atom stereocenters. The van der Waals surface area contributed by atoms with E-state index < -0.39 is 11.5 Å². The highest BCUT2D eigenvalue weighted by atomic mass is 35.5. The molecule has 0 atom stereocenters. The topological polar surface area (TPSA) is 189 Å². The molecule has 0 saturated heterocycles. The number of rotatable bonds is 10. The third kappa shape index (κ3) is 7.09. The monoisotopic (exact) mass is 610 g/mol. The Morgan fingerprint density at radius 1 is 0.614 bits per heavy atom. The Hall–Kier alpha value is -5.95. The van der Waals surface area contributed by atoms with Gasteiger partial charge in [0.05, 0.1) is 40.9 Å². The van der Waals surface area contributed by atoms with E-state index in [1.165, 1.54) is 6.07 Å². The molecule has 5 aromatic rings. The van der Waals surface area contributed by atoms with Gasteiger partial charge in [0.2, 0.25) is 0 Å². The van der Waals surface area contributed by atoms with Gasteiger partial charge in [-0.05, 0) is 53.7 Å². The molecule has 2 heterocycles. The number of aromatic hydroxyl groups is 4. The number of pyridine rings is 2. The summed E-state index contributed by atoms with van der Waals surface area (Å²) < 4.78 is 0. The van der Waals surface area contributed by atoms with Gasteiger partial charge in [0.25, 0.3) is 0 Å². The first-order chi connectivity index (χ1) is 21.3. The maximum absolute atomic E-state index is 11.1. The first kappa shape index (κ1) is 29.5. The summed E-state index contributed by atoms with van der Waals surface area (Å²) in [7, 11) is 0. The number of anilines is 1. The van der Waals surface area contributed by atoms with Gasteiger partial charge in [0.15, 0.2) is 5.69 Å². The van der Waals surface area contributed by atoms with Gasteiger partial charge >= 0.3 is 0 Å². The molecule has 0 aliphatic rings. The van der Waals surface area contributed by atoms with Crippen LogP contribution in [0.15, 0.2) is 117 Å². The Morgan fingerprint density at radius 2 is 1.18 bits per heavy atom. The largest absolute Gasteiger partial charge is 0.506 e. The molecule has 14 heteroatoms. The molecule has 0 saturated carbocycles. The molecular weight excluding hydrogens is 588 g/mol. The van der Waals surface area contributed by atoms with E-state index in [-0.39, 0.29) is 39.3 Å². The third-order valence-electron chi connectivity index (χ3n) is 6.21. The maximum atomic E-state index is 11.1. The van der Waals surface area contributed by atoms with Crippen LogP contribution in [0, 0.1) is 4.91 Å². The number of aromatic nitrogens is 2. The molecule has 0 fully saturated rings. The second-order valence-corrected chi connectivity index (χ2v) is 9.69. The lowest BCUT2D eigenvalue weighted by Crippen LogP contribution is -2.23. The van der Waals surface area contributed by atoms with Crippen LogP contribution in [0.5, 0.6) is 23.0 Å². The normalized spacial score (nSPS) is 11.3. The van der Waals surface area contributed by atoms with Crippen LogP contribution in [0.1, 0.15) is 11.4 Å². The molecule has 3 aromatic carbocycles. The minimum absolute atomic E-state index is 0.0147. The number of azo groups is 2. The summed E-state index contributed by atoms with van der Waals surface area (Å²) in [6.07, 6.45) is 3.38. The average molecular weight is 611 g/mol. The van der Waals surface area contributed by atoms with E-state index in [1.54, 1.807) is 30.6 Å². The van der Waals surface area contributed by atoms with E-state index in [9.17, 15) is 25.3 Å². The molecule has 0 amide bonds. The van der Waals surface area contributed by atoms with Gasteiger partial charge in [-0.15, -0.1) is 20.2 Å². The summed E-state index contributed by atoms with van der Waals surface area (Å²) in [5.41, 5.74) is 2.32. The van der Waals surface area contributed by atoms with Crippen molar-refractivity contribution < 1.29 is 20.4 Å². The Labute approximate surface area is 255 Å². The van der Waals surface area contributed by atoms with Gasteiger partial charge in [-0.25, -0.2) is 0 Å². The standard InChI is InChI=1S/C30H23ClN8O5/c31-21-12-23(28(41)14-27(21)40)36-34-18-7-8-26(22(11-18)35-37-24-13-25(38-44)30(43)15-29(24)42)39(16-19-5-1-3-9-32-19)17-20-6-2-4-10-33-20/h1-15,40-43H,16-17H2. The van der Waals surface area contributed by atoms with Crippen molar-refractivity contribution in [2.24, 2.45) is 25.6 Å². The molecule has 0 radical (unpaired) electrons. The molecule has 0 aliphatic heterocycles. The van der Waals surface area contributed by atoms with Crippen molar-refractivity contribution in [2.45, 2.75) is 13.1 Å². The molecule has 0 aliphatic carbocycles. The van der Waals surface area contributed by atoms with Crippen molar-refractivity contribution in [1.29, 1.82) is 0 Å². The molecule has 5 rings (SSSR count). The second-order valence-electron chi connectivity index (χ2n) is 9.28. The smallest absolute Gasteiger partial charge is 0.152 e. The van der Waals surface area contributed by atoms with Crippen LogP contribution >= 0.6 is 11.6 Å². The van der Waals surface area contributed by atoms with Crippen LogP contribution in [-0.2, 0) is 13.1 Å². The van der Waals surface area contributed by atoms with Gasteiger partial charge in [0, 0.05) is 30.6 Å². The Bertz CT molecular complexity index is 1820. The fraction of sp³-hybridized carbons (Fsp3) is 0.0667. The van der Waals surface area contributed by atoms with E-state index in [4.69, 9.17) is 11.6 Å². The lowest BCUT2D eigenvalue weighted by atomic mass is 10.2. The predicted octanol–water partition coefficient (Wildman–Crippen LogP) is 8.39. The third-order valence-corrected chi connectivity index (χ3v) is 6.51. The van der Waals surface area contributed by atoms with Crippen molar-refractivity contribution in [2.75, 3.05) is 4.90 Å². The quantitative estimate of drug-likeness (QED) is 0.0894. The highest BCUT2D eigenvalue weighted by Crippen LogP contribution is 2.42. The number of nitroso groups, excluding NO2 is 1. The fourth-order valence-corrected chi connectivity index (χ4v) is 4.23. The summed E-state index contributed by atoms with van der Waals surface area (Å²) in [6.45, 7) is 0.731. The molecule has 220 valence electrons. The van der Waals surface area contributed by atoms with Crippen molar-refractivity contribution in [3.05, 3.63) is 113 Å². The van der Waals surface area contributed by atoms with Crippen molar-refractivity contribution in [1.82, 2.24) is 9.97 Å². The van der Waals surface area contributed by atoms with Crippen LogP contribution < -0.4 is 4.90 Å². The van der Waals surface area contributed by atoms with Gasteiger partial charge < -0.3 is 25.3 Å². The summed E-state index contributed by atoms with van der Waals surface area (Å²) >= 11 is 5.96. The van der Waals surface area contributed by atoms with E-state index in [0.717, 1.165) is 29.6 Å². The number of hydrogen-bond donors (Lipinski definition) is 4. The second kappa shape index (κ2) is 13.4. The Morgan fingerprint density at radius 3 is 1.80 bits per heavy atom. The molecule has 13 nitrogen and oxygen atoms in total. The molecule has 4 N–H and O–H groups in total. The van der Waals surface area contributed by atoms with Crippen LogP contribution in [-0.4, -0.2) is 30.4 Å². The number of nitrogens with zero attached hydrogens (tertiary/aromatic N) is 8. The first-order valence-electron chi connectivity index (χ1n) is 12.9. The van der Waals surface area contributed by atoms with Gasteiger partial charge in [-0.3, -0.25) is 9.97 Å². The Kier molecular flexibility index (Phi) is 8.96. The lowest BCUT2D eigenvalue weighted by molar-refractivity contribution is 0.451. The van der Waals surface area contributed by atoms with Gasteiger partial charge in [0.1, 0.15) is 40.1 Å². The van der Waals surface area contributed by atoms with E-state index in [2.05, 4.69) is 35.6 Å². The zero-order valence-corrected chi connectivity index (χ0v) is 23.5. The zero-order valence-electron chi connectivity index (χ0n) is 22.7. The Balaban J connectivity index is 1.59. The average Bonchev–Trinajstić information content (AvgIpc) is 3.02. The summed E-state index contributed by atoms with van der Waals surface area (Å²) in [4.78, 5) is 22.0. The van der Waals surface area contributed by atoms with E-state index in [0.29, 0.717) is 24.5 Å². The number of benzene rings is 3. The first-order valence-corrected chi connectivity index (χ1v) is 13.3. The minimum atomic E-state index is -0.506. The van der Waals surface area contributed by atoms with Crippen LogP contribution in [0.25, 0.3) is 0 Å². The molecular formula is C30H23ClN8O5. The minimum Gasteiger partial charge on any atom is -0.506 e. The SMILES string of the molecule is O=Nc1cc(N=Nc2cc(N=Nc3cc(Cl)c(O)cc3O)ccc2N(Cc2ccccn2)Cc2ccccn2)c(O)cc1O. The molecule has 2 aromatic heterocycles.